The Balaban J connectivity index is 1.80. The van der Waals surface area contributed by atoms with Crippen molar-refractivity contribution in [3.05, 3.63) is 0 Å². The van der Waals surface area contributed by atoms with Gasteiger partial charge in [0.05, 0.1) is 0 Å². The van der Waals surface area contributed by atoms with E-state index in [1.54, 1.807) is 0 Å². The first-order chi connectivity index (χ1) is 10.0. The molecule has 1 amide bonds. The third-order valence-corrected chi connectivity index (χ3v) is 5.78. The number of piperidine rings is 1. The normalized spacial score (nSPS) is 30.9. The van der Waals surface area contributed by atoms with Crippen molar-refractivity contribution in [3.63, 3.8) is 0 Å². The van der Waals surface area contributed by atoms with Gasteiger partial charge in [-0.3, -0.25) is 4.79 Å². The zero-order valence-electron chi connectivity index (χ0n) is 14.2. The quantitative estimate of drug-likeness (QED) is 0.815. The molecule has 0 aromatic carbocycles. The Labute approximate surface area is 130 Å². The van der Waals surface area contributed by atoms with Crippen LogP contribution in [0.4, 0.5) is 0 Å². The lowest BCUT2D eigenvalue weighted by Crippen LogP contribution is -2.50. The summed E-state index contributed by atoms with van der Waals surface area (Å²) in [6.07, 6.45) is 9.97. The number of carbonyl (C=O) groups excluding carboxylic acids is 1. The highest BCUT2D eigenvalue weighted by Crippen LogP contribution is 2.33. The summed E-state index contributed by atoms with van der Waals surface area (Å²) in [5, 5.41) is 6.79. The second-order valence-electron chi connectivity index (χ2n) is 7.74. The Hall–Kier alpha value is -0.570. The Morgan fingerprint density at radius 2 is 1.90 bits per heavy atom. The second-order valence-corrected chi connectivity index (χ2v) is 7.74. The van der Waals surface area contributed by atoms with Crippen molar-refractivity contribution in [2.45, 2.75) is 78.2 Å². The Morgan fingerprint density at radius 3 is 2.48 bits per heavy atom. The van der Waals surface area contributed by atoms with Crippen LogP contribution < -0.4 is 10.6 Å². The molecule has 1 saturated carbocycles. The van der Waals surface area contributed by atoms with Gasteiger partial charge in [-0.25, -0.2) is 0 Å². The number of nitrogens with one attached hydrogen (secondary N) is 2. The van der Waals surface area contributed by atoms with Crippen LogP contribution in [0.1, 0.15) is 72.1 Å². The molecule has 2 N–H and O–H groups in total. The maximum atomic E-state index is 12.7. The van der Waals surface area contributed by atoms with Crippen molar-refractivity contribution in [2.75, 3.05) is 13.1 Å². The van der Waals surface area contributed by atoms with Gasteiger partial charge in [0.1, 0.15) is 0 Å². The van der Waals surface area contributed by atoms with Gasteiger partial charge in [-0.1, -0.05) is 33.6 Å². The molecule has 2 fully saturated rings. The summed E-state index contributed by atoms with van der Waals surface area (Å²) in [5.74, 6) is 1.65. The predicted molar refractivity (Wildman–Crippen MR) is 88.2 cm³/mol. The van der Waals surface area contributed by atoms with Gasteiger partial charge < -0.3 is 10.6 Å². The van der Waals surface area contributed by atoms with Crippen molar-refractivity contribution < 1.29 is 4.79 Å². The maximum absolute atomic E-state index is 12.7. The van der Waals surface area contributed by atoms with E-state index >= 15 is 0 Å². The summed E-state index contributed by atoms with van der Waals surface area (Å²) < 4.78 is 0. The lowest BCUT2D eigenvalue weighted by molar-refractivity contribution is -0.133. The molecule has 1 unspecified atom stereocenters. The number of carbonyl (C=O) groups is 1. The summed E-state index contributed by atoms with van der Waals surface area (Å²) >= 11 is 0. The molecule has 0 aromatic rings. The van der Waals surface area contributed by atoms with Crippen molar-refractivity contribution >= 4 is 5.91 Å². The zero-order chi connectivity index (χ0) is 15.3. The molecule has 3 heteroatoms. The fraction of sp³-hybridized carbons (Fsp3) is 0.944. The van der Waals surface area contributed by atoms with E-state index in [1.165, 1.54) is 51.4 Å². The van der Waals surface area contributed by atoms with Crippen molar-refractivity contribution in [2.24, 2.45) is 17.3 Å². The van der Waals surface area contributed by atoms with Gasteiger partial charge in [0.25, 0.3) is 0 Å². The fourth-order valence-electron chi connectivity index (χ4n) is 4.03. The van der Waals surface area contributed by atoms with E-state index in [1.807, 2.05) is 0 Å². The summed E-state index contributed by atoms with van der Waals surface area (Å²) in [5.41, 5.74) is -0.242. The van der Waals surface area contributed by atoms with Crippen molar-refractivity contribution in [3.8, 4) is 0 Å². The summed E-state index contributed by atoms with van der Waals surface area (Å²) in [6, 6.07) is 0.418. The smallest absolute Gasteiger partial charge is 0.226 e. The van der Waals surface area contributed by atoms with Crippen LogP contribution in [0.3, 0.4) is 0 Å². The molecule has 2 rings (SSSR count). The topological polar surface area (TPSA) is 41.1 Å². The summed E-state index contributed by atoms with van der Waals surface area (Å²) in [7, 11) is 0. The van der Waals surface area contributed by atoms with Crippen LogP contribution >= 0.6 is 0 Å². The minimum absolute atomic E-state index is 0.242. The van der Waals surface area contributed by atoms with E-state index in [9.17, 15) is 4.79 Å². The highest BCUT2D eigenvalue weighted by atomic mass is 16.2. The SMILES string of the molecule is CCCC1CCC(NC(=O)C(C)(C)C2CCCNC2)CC1. The maximum Gasteiger partial charge on any atom is 0.226 e. The van der Waals surface area contributed by atoms with E-state index in [0.29, 0.717) is 12.0 Å². The third kappa shape index (κ3) is 4.45. The standard InChI is InChI=1S/C18H34N2O/c1-4-6-14-8-10-16(11-9-14)20-17(21)18(2,3)15-7-5-12-19-13-15/h14-16,19H,4-13H2,1-3H3,(H,20,21). The Morgan fingerprint density at radius 1 is 1.19 bits per heavy atom. The number of hydrogen-bond donors (Lipinski definition) is 2. The van der Waals surface area contributed by atoms with E-state index in [4.69, 9.17) is 0 Å². The molecule has 122 valence electrons. The van der Waals surface area contributed by atoms with Gasteiger partial charge in [0.15, 0.2) is 0 Å². The second kappa shape index (κ2) is 7.62. The van der Waals surface area contributed by atoms with Crippen molar-refractivity contribution in [1.29, 1.82) is 0 Å². The molecule has 1 aliphatic heterocycles. The van der Waals surface area contributed by atoms with Crippen LogP contribution in [0, 0.1) is 17.3 Å². The van der Waals surface area contributed by atoms with Crippen LogP contribution in [-0.2, 0) is 4.79 Å². The lowest BCUT2D eigenvalue weighted by atomic mass is 9.74. The molecule has 1 saturated heterocycles. The minimum Gasteiger partial charge on any atom is -0.353 e. The molecule has 0 aromatic heterocycles. The molecular weight excluding hydrogens is 260 g/mol. The minimum atomic E-state index is -0.242. The van der Waals surface area contributed by atoms with E-state index in [2.05, 4.69) is 31.4 Å². The third-order valence-electron chi connectivity index (χ3n) is 5.78. The summed E-state index contributed by atoms with van der Waals surface area (Å²) in [4.78, 5) is 12.7. The average molecular weight is 294 g/mol. The number of amides is 1. The number of hydrogen-bond acceptors (Lipinski definition) is 2. The largest absolute Gasteiger partial charge is 0.353 e. The molecule has 3 nitrogen and oxygen atoms in total. The monoisotopic (exact) mass is 294 g/mol. The highest BCUT2D eigenvalue weighted by Gasteiger charge is 2.38. The predicted octanol–water partition coefficient (Wildman–Crippen LogP) is 3.49. The molecule has 1 aliphatic carbocycles. The zero-order valence-corrected chi connectivity index (χ0v) is 14.2. The van der Waals surface area contributed by atoms with Gasteiger partial charge in [-0.15, -0.1) is 0 Å². The van der Waals surface area contributed by atoms with Crippen LogP contribution in [0.15, 0.2) is 0 Å². The molecule has 0 spiro atoms. The lowest BCUT2D eigenvalue weighted by Gasteiger charge is -2.38. The van der Waals surface area contributed by atoms with Gasteiger partial charge in [0, 0.05) is 11.5 Å². The van der Waals surface area contributed by atoms with E-state index in [0.717, 1.165) is 19.0 Å². The van der Waals surface area contributed by atoms with Crippen LogP contribution in [-0.4, -0.2) is 25.0 Å². The van der Waals surface area contributed by atoms with Crippen LogP contribution in [0.2, 0.25) is 0 Å². The molecule has 2 aliphatic rings. The fourth-order valence-corrected chi connectivity index (χ4v) is 4.03. The van der Waals surface area contributed by atoms with Gasteiger partial charge in [0.2, 0.25) is 5.91 Å². The van der Waals surface area contributed by atoms with Crippen LogP contribution in [0.5, 0.6) is 0 Å². The Kier molecular flexibility index (Phi) is 6.09. The Bertz CT molecular complexity index is 326. The van der Waals surface area contributed by atoms with Crippen LogP contribution in [0.25, 0.3) is 0 Å². The average Bonchev–Trinajstić information content (AvgIpc) is 2.50. The summed E-state index contributed by atoms with van der Waals surface area (Å²) in [6.45, 7) is 8.62. The molecule has 0 bridgehead atoms. The molecule has 1 atom stereocenters. The first-order valence-corrected chi connectivity index (χ1v) is 9.05. The first kappa shape index (κ1) is 16.8. The van der Waals surface area contributed by atoms with E-state index < -0.39 is 0 Å². The van der Waals surface area contributed by atoms with Gasteiger partial charge in [-0.05, 0) is 63.5 Å². The molecule has 21 heavy (non-hydrogen) atoms. The first-order valence-electron chi connectivity index (χ1n) is 9.05. The highest BCUT2D eigenvalue weighted by molar-refractivity contribution is 5.82. The van der Waals surface area contributed by atoms with Gasteiger partial charge in [-0.2, -0.15) is 0 Å². The molecular formula is C18H34N2O. The molecule has 1 heterocycles. The molecule has 0 radical (unpaired) electrons. The van der Waals surface area contributed by atoms with Crippen molar-refractivity contribution in [1.82, 2.24) is 10.6 Å². The number of rotatable bonds is 5. The van der Waals surface area contributed by atoms with E-state index in [-0.39, 0.29) is 11.3 Å². The van der Waals surface area contributed by atoms with Gasteiger partial charge >= 0.3 is 0 Å².